The fraction of sp³-hybridized carbons (Fsp3) is 0.435. The molecule has 3 rings (SSSR count). The third kappa shape index (κ3) is 5.37. The number of rotatable bonds is 8. The highest BCUT2D eigenvalue weighted by Gasteiger charge is 2.27. The van der Waals surface area contributed by atoms with Crippen molar-refractivity contribution in [1.82, 2.24) is 9.62 Å². The predicted octanol–water partition coefficient (Wildman–Crippen LogP) is 3.76. The van der Waals surface area contributed by atoms with Crippen molar-refractivity contribution in [2.24, 2.45) is 0 Å². The molecule has 8 heteroatoms. The maximum Gasteiger partial charge on any atom is 0.251 e. The Hall–Kier alpha value is -2.58. The molecule has 1 N–H and O–H groups in total. The summed E-state index contributed by atoms with van der Waals surface area (Å²) in [7, 11) is -1.92. The molecule has 0 saturated carbocycles. The summed E-state index contributed by atoms with van der Waals surface area (Å²) in [5, 5.41) is 2.94. The summed E-state index contributed by atoms with van der Waals surface area (Å²) >= 11 is 0. The Bertz CT molecular complexity index is 1010. The van der Waals surface area contributed by atoms with E-state index in [1.807, 2.05) is 39.0 Å². The van der Waals surface area contributed by atoms with Gasteiger partial charge in [0.25, 0.3) is 5.91 Å². The molecule has 0 spiro atoms. The molecule has 1 aliphatic rings. The first-order chi connectivity index (χ1) is 14.7. The third-order valence-electron chi connectivity index (χ3n) is 5.22. The van der Waals surface area contributed by atoms with Crippen LogP contribution in [0.5, 0.6) is 11.5 Å². The Balaban J connectivity index is 1.69. The van der Waals surface area contributed by atoms with Crippen LogP contribution in [0, 0.1) is 0 Å². The molecule has 1 atom stereocenters. The van der Waals surface area contributed by atoms with Gasteiger partial charge in [-0.3, -0.25) is 4.79 Å². The van der Waals surface area contributed by atoms with Crippen molar-refractivity contribution in [2.75, 3.05) is 20.2 Å². The number of amides is 1. The maximum absolute atomic E-state index is 12.7. The molecule has 7 nitrogen and oxygen atoms in total. The molecule has 168 valence electrons. The normalized spacial score (nSPS) is 15.6. The van der Waals surface area contributed by atoms with Crippen LogP contribution in [-0.4, -0.2) is 44.9 Å². The summed E-state index contributed by atoms with van der Waals surface area (Å²) < 4.78 is 37.9. The van der Waals surface area contributed by atoms with Crippen molar-refractivity contribution in [1.29, 1.82) is 0 Å². The van der Waals surface area contributed by atoms with Crippen LogP contribution in [0.1, 0.15) is 55.6 Å². The molecule has 2 aromatic carbocycles. The van der Waals surface area contributed by atoms with E-state index in [4.69, 9.17) is 9.47 Å². The predicted molar refractivity (Wildman–Crippen MR) is 119 cm³/mol. The molecule has 1 amide bonds. The number of carbonyl (C=O) groups is 1. The van der Waals surface area contributed by atoms with Gasteiger partial charge in [-0.1, -0.05) is 6.07 Å². The van der Waals surface area contributed by atoms with E-state index in [9.17, 15) is 13.2 Å². The molecule has 2 aromatic rings. The van der Waals surface area contributed by atoms with Gasteiger partial charge in [0, 0.05) is 18.7 Å². The van der Waals surface area contributed by atoms with Crippen LogP contribution in [0.4, 0.5) is 0 Å². The third-order valence-corrected chi connectivity index (χ3v) is 7.13. The zero-order valence-corrected chi connectivity index (χ0v) is 19.2. The Morgan fingerprint density at radius 2 is 1.65 bits per heavy atom. The summed E-state index contributed by atoms with van der Waals surface area (Å²) in [4.78, 5) is 12.9. The topological polar surface area (TPSA) is 84.9 Å². The van der Waals surface area contributed by atoms with Crippen LogP contribution in [0.25, 0.3) is 0 Å². The van der Waals surface area contributed by atoms with Crippen molar-refractivity contribution >= 4 is 15.9 Å². The summed E-state index contributed by atoms with van der Waals surface area (Å²) in [6.45, 7) is 6.86. The molecule has 0 aliphatic carbocycles. The molecule has 0 aromatic heterocycles. The molecule has 31 heavy (non-hydrogen) atoms. The van der Waals surface area contributed by atoms with E-state index in [1.165, 1.54) is 16.4 Å². The Morgan fingerprint density at radius 1 is 1.00 bits per heavy atom. The lowest BCUT2D eigenvalue weighted by atomic mass is 10.1. The Labute approximate surface area is 184 Å². The highest BCUT2D eigenvalue weighted by Crippen LogP contribution is 2.31. The molecule has 1 aliphatic heterocycles. The van der Waals surface area contributed by atoms with E-state index in [0.717, 1.165) is 18.4 Å². The number of sulfonamides is 1. The maximum atomic E-state index is 12.7. The molecule has 1 fully saturated rings. The average Bonchev–Trinajstić information content (AvgIpc) is 3.29. The number of hydrogen-bond donors (Lipinski definition) is 1. The smallest absolute Gasteiger partial charge is 0.251 e. The van der Waals surface area contributed by atoms with Crippen molar-refractivity contribution < 1.29 is 22.7 Å². The highest BCUT2D eigenvalue weighted by molar-refractivity contribution is 7.89. The summed E-state index contributed by atoms with van der Waals surface area (Å²) in [6, 6.07) is 11.4. The fourth-order valence-corrected chi connectivity index (χ4v) is 5.04. The van der Waals surface area contributed by atoms with Gasteiger partial charge in [-0.15, -0.1) is 0 Å². The van der Waals surface area contributed by atoms with Crippen LogP contribution < -0.4 is 14.8 Å². The largest absolute Gasteiger partial charge is 0.493 e. The molecular weight excluding hydrogens is 416 g/mol. The van der Waals surface area contributed by atoms with Crippen LogP contribution in [0.2, 0.25) is 0 Å². The van der Waals surface area contributed by atoms with Gasteiger partial charge in [-0.2, -0.15) is 4.31 Å². The molecule has 0 radical (unpaired) electrons. The van der Waals surface area contributed by atoms with Crippen molar-refractivity contribution in [3.8, 4) is 11.5 Å². The first kappa shape index (κ1) is 23.1. The molecular formula is C23H30N2O5S. The molecule has 1 saturated heterocycles. The summed E-state index contributed by atoms with van der Waals surface area (Å²) in [5.41, 5.74) is 1.27. The highest BCUT2D eigenvalue weighted by atomic mass is 32.2. The lowest BCUT2D eigenvalue weighted by molar-refractivity contribution is 0.0939. The first-order valence-electron chi connectivity index (χ1n) is 10.5. The number of carbonyl (C=O) groups excluding carboxylic acids is 1. The van der Waals surface area contributed by atoms with Gasteiger partial charge in [0.1, 0.15) is 0 Å². The van der Waals surface area contributed by atoms with Crippen molar-refractivity contribution in [3.63, 3.8) is 0 Å². The van der Waals surface area contributed by atoms with Crippen LogP contribution in [-0.2, 0) is 10.0 Å². The van der Waals surface area contributed by atoms with Crippen LogP contribution in [0.15, 0.2) is 47.4 Å². The van der Waals surface area contributed by atoms with Gasteiger partial charge in [0.2, 0.25) is 10.0 Å². The SMILES string of the molecule is COc1cc(C(C)NC(=O)c2ccc(S(=O)(=O)N3CCCC3)cc2)ccc1OC(C)C. The number of hydrogen-bond acceptors (Lipinski definition) is 5. The molecule has 1 unspecified atom stereocenters. The van der Waals surface area contributed by atoms with Crippen LogP contribution in [0.3, 0.4) is 0 Å². The van der Waals surface area contributed by atoms with E-state index in [1.54, 1.807) is 19.2 Å². The average molecular weight is 447 g/mol. The quantitative estimate of drug-likeness (QED) is 0.667. The van der Waals surface area contributed by atoms with E-state index >= 15 is 0 Å². The number of nitrogens with zero attached hydrogens (tertiary/aromatic N) is 1. The Morgan fingerprint density at radius 3 is 2.23 bits per heavy atom. The van der Waals surface area contributed by atoms with Gasteiger partial charge in [0.15, 0.2) is 11.5 Å². The van der Waals surface area contributed by atoms with Gasteiger partial charge in [-0.05, 0) is 75.6 Å². The van der Waals surface area contributed by atoms with E-state index in [-0.39, 0.29) is 22.9 Å². The van der Waals surface area contributed by atoms with Gasteiger partial charge < -0.3 is 14.8 Å². The van der Waals surface area contributed by atoms with Gasteiger partial charge in [0.05, 0.1) is 24.2 Å². The second kappa shape index (κ2) is 9.70. The minimum atomic E-state index is -3.49. The van der Waals surface area contributed by atoms with Crippen molar-refractivity contribution in [2.45, 2.75) is 50.7 Å². The number of benzene rings is 2. The van der Waals surface area contributed by atoms with E-state index < -0.39 is 10.0 Å². The number of nitrogens with one attached hydrogen (secondary N) is 1. The minimum absolute atomic E-state index is 0.0223. The lowest BCUT2D eigenvalue weighted by Gasteiger charge is -2.18. The van der Waals surface area contributed by atoms with Gasteiger partial charge >= 0.3 is 0 Å². The monoisotopic (exact) mass is 446 g/mol. The zero-order valence-electron chi connectivity index (χ0n) is 18.4. The van der Waals surface area contributed by atoms with E-state index in [0.29, 0.717) is 30.2 Å². The number of ether oxygens (including phenoxy) is 2. The molecule has 1 heterocycles. The van der Waals surface area contributed by atoms with Gasteiger partial charge in [-0.25, -0.2) is 8.42 Å². The Kier molecular flexibility index (Phi) is 7.23. The first-order valence-corrected chi connectivity index (χ1v) is 11.9. The summed E-state index contributed by atoms with van der Waals surface area (Å²) in [5.74, 6) is 0.970. The summed E-state index contributed by atoms with van der Waals surface area (Å²) in [6.07, 6.45) is 1.79. The number of methoxy groups -OCH3 is 1. The van der Waals surface area contributed by atoms with Crippen molar-refractivity contribution in [3.05, 3.63) is 53.6 Å². The van der Waals surface area contributed by atoms with Crippen LogP contribution >= 0.6 is 0 Å². The van der Waals surface area contributed by atoms with E-state index in [2.05, 4.69) is 5.32 Å². The standard InChI is InChI=1S/C23H30N2O5S/c1-16(2)30-21-12-9-19(15-22(21)29-4)17(3)24-23(26)18-7-10-20(11-8-18)31(27,28)25-13-5-6-14-25/h7-12,15-17H,5-6,13-14H2,1-4H3,(H,24,26). The fourth-order valence-electron chi connectivity index (χ4n) is 3.52. The lowest BCUT2D eigenvalue weighted by Crippen LogP contribution is -2.28. The second-order valence-corrected chi connectivity index (χ2v) is 9.85. The zero-order chi connectivity index (χ0) is 22.6. The minimum Gasteiger partial charge on any atom is -0.493 e. The molecule has 0 bridgehead atoms. The second-order valence-electron chi connectivity index (χ2n) is 7.91.